The fourth-order valence-corrected chi connectivity index (χ4v) is 2.63. The number of hydrogen-bond donors (Lipinski definition) is 1. The highest BCUT2D eigenvalue weighted by molar-refractivity contribution is 5.77. The van der Waals surface area contributed by atoms with Gasteiger partial charge in [-0.05, 0) is 37.5 Å². The van der Waals surface area contributed by atoms with Gasteiger partial charge in [-0.15, -0.1) is 0 Å². The van der Waals surface area contributed by atoms with Crippen molar-refractivity contribution in [3.05, 3.63) is 34.4 Å². The largest absolute Gasteiger partial charge is 0.481 e. The maximum atomic E-state index is 14.4. The number of hydrogen-bond acceptors (Lipinski definition) is 1. The first kappa shape index (κ1) is 11.1. The SMILES string of the molecule is Cc1cc(C)c([C@@]2(F)C[C@@H]2C(=O)O)c(C)c1. The molecule has 1 fully saturated rings. The minimum Gasteiger partial charge on any atom is -0.481 e. The zero-order chi connectivity index (χ0) is 12.1. The molecule has 1 aliphatic carbocycles. The van der Waals surface area contributed by atoms with Crippen molar-refractivity contribution in [1.29, 1.82) is 0 Å². The molecule has 0 unspecified atom stereocenters. The number of alkyl halides is 1. The number of carbonyl (C=O) groups is 1. The van der Waals surface area contributed by atoms with Crippen molar-refractivity contribution in [3.8, 4) is 0 Å². The summed E-state index contributed by atoms with van der Waals surface area (Å²) < 4.78 is 14.4. The highest BCUT2D eigenvalue weighted by Gasteiger charge is 2.62. The van der Waals surface area contributed by atoms with Crippen LogP contribution in [-0.4, -0.2) is 11.1 Å². The molecule has 1 aromatic carbocycles. The van der Waals surface area contributed by atoms with Gasteiger partial charge in [0, 0.05) is 6.42 Å². The van der Waals surface area contributed by atoms with E-state index in [4.69, 9.17) is 5.11 Å². The molecule has 0 bridgehead atoms. The van der Waals surface area contributed by atoms with Crippen molar-refractivity contribution < 1.29 is 14.3 Å². The quantitative estimate of drug-likeness (QED) is 0.835. The van der Waals surface area contributed by atoms with Gasteiger partial charge in [-0.25, -0.2) is 4.39 Å². The Morgan fingerprint density at radius 2 is 1.88 bits per heavy atom. The van der Waals surface area contributed by atoms with Gasteiger partial charge in [0.05, 0.1) is 5.92 Å². The number of rotatable bonds is 2. The van der Waals surface area contributed by atoms with E-state index in [0.717, 1.165) is 16.7 Å². The summed E-state index contributed by atoms with van der Waals surface area (Å²) in [6, 6.07) is 3.81. The number of benzene rings is 1. The Balaban J connectivity index is 2.47. The molecular formula is C13H15FO2. The number of aryl methyl sites for hydroxylation is 3. The molecule has 0 amide bonds. The maximum absolute atomic E-state index is 14.4. The van der Waals surface area contributed by atoms with E-state index >= 15 is 0 Å². The molecule has 16 heavy (non-hydrogen) atoms. The predicted octanol–water partition coefficient (Wildman–Crippen LogP) is 2.88. The highest BCUT2D eigenvalue weighted by Crippen LogP contribution is 2.57. The van der Waals surface area contributed by atoms with Crippen LogP contribution in [0.3, 0.4) is 0 Å². The second-order valence-electron chi connectivity index (χ2n) is 4.73. The molecule has 1 aliphatic rings. The summed E-state index contributed by atoms with van der Waals surface area (Å²) in [5, 5.41) is 8.85. The molecule has 1 saturated carbocycles. The van der Waals surface area contributed by atoms with Crippen LogP contribution in [0, 0.1) is 26.7 Å². The number of aliphatic carboxylic acids is 1. The minimum absolute atomic E-state index is 0.104. The van der Waals surface area contributed by atoms with Gasteiger partial charge in [0.1, 0.15) is 0 Å². The van der Waals surface area contributed by atoms with E-state index in [0.29, 0.717) is 5.56 Å². The van der Waals surface area contributed by atoms with Crippen LogP contribution < -0.4 is 0 Å². The molecule has 0 radical (unpaired) electrons. The lowest BCUT2D eigenvalue weighted by molar-refractivity contribution is -0.139. The van der Waals surface area contributed by atoms with Crippen LogP contribution in [0.2, 0.25) is 0 Å². The molecule has 3 heteroatoms. The number of carboxylic acid groups (broad SMARTS) is 1. The molecule has 0 saturated heterocycles. The van der Waals surface area contributed by atoms with Gasteiger partial charge in [0.2, 0.25) is 0 Å². The summed E-state index contributed by atoms with van der Waals surface area (Å²) >= 11 is 0. The lowest BCUT2D eigenvalue weighted by Crippen LogP contribution is -2.13. The molecule has 0 spiro atoms. The van der Waals surface area contributed by atoms with Crippen molar-refractivity contribution >= 4 is 5.97 Å². The lowest BCUT2D eigenvalue weighted by atomic mass is 9.94. The molecule has 86 valence electrons. The van der Waals surface area contributed by atoms with Crippen LogP contribution in [0.5, 0.6) is 0 Å². The third-order valence-corrected chi connectivity index (χ3v) is 3.28. The molecule has 2 nitrogen and oxygen atoms in total. The van der Waals surface area contributed by atoms with Crippen LogP contribution in [-0.2, 0) is 10.5 Å². The third-order valence-electron chi connectivity index (χ3n) is 3.28. The van der Waals surface area contributed by atoms with E-state index in [9.17, 15) is 9.18 Å². The van der Waals surface area contributed by atoms with E-state index in [1.54, 1.807) is 0 Å². The third kappa shape index (κ3) is 1.51. The van der Waals surface area contributed by atoms with Gasteiger partial charge >= 0.3 is 5.97 Å². The van der Waals surface area contributed by atoms with E-state index < -0.39 is 17.6 Å². The Morgan fingerprint density at radius 3 is 2.25 bits per heavy atom. The second kappa shape index (κ2) is 3.30. The Morgan fingerprint density at radius 1 is 1.38 bits per heavy atom. The van der Waals surface area contributed by atoms with Gasteiger partial charge in [0.15, 0.2) is 5.67 Å². The molecule has 1 N–H and O–H groups in total. The van der Waals surface area contributed by atoms with Gasteiger partial charge in [-0.1, -0.05) is 17.7 Å². The van der Waals surface area contributed by atoms with Crippen LogP contribution in [0.25, 0.3) is 0 Å². The summed E-state index contributed by atoms with van der Waals surface area (Å²) in [7, 11) is 0. The first-order valence-electron chi connectivity index (χ1n) is 5.36. The number of halogens is 1. The maximum Gasteiger partial charge on any atom is 0.310 e. The first-order valence-corrected chi connectivity index (χ1v) is 5.36. The normalized spacial score (nSPS) is 27.9. The topological polar surface area (TPSA) is 37.3 Å². The number of carboxylic acids is 1. The van der Waals surface area contributed by atoms with Crippen molar-refractivity contribution in [2.45, 2.75) is 32.9 Å². The van der Waals surface area contributed by atoms with Crippen LogP contribution >= 0.6 is 0 Å². The Labute approximate surface area is 94.1 Å². The standard InChI is InChI=1S/C13H15FO2/c1-7-4-8(2)11(9(3)5-7)13(14)6-10(13)12(15)16/h4-5,10H,6H2,1-3H3,(H,15,16)/t10-,13-/m1/s1. The van der Waals surface area contributed by atoms with Crippen LogP contribution in [0.4, 0.5) is 4.39 Å². The Bertz CT molecular complexity index is 444. The zero-order valence-corrected chi connectivity index (χ0v) is 9.67. The summed E-state index contributed by atoms with van der Waals surface area (Å²) in [4.78, 5) is 10.8. The Hall–Kier alpha value is -1.38. The molecule has 2 rings (SSSR count). The first-order chi connectivity index (χ1) is 7.36. The van der Waals surface area contributed by atoms with Crippen molar-refractivity contribution in [3.63, 3.8) is 0 Å². The van der Waals surface area contributed by atoms with Crippen molar-refractivity contribution in [2.75, 3.05) is 0 Å². The molecule has 0 aliphatic heterocycles. The average molecular weight is 222 g/mol. The molecule has 0 heterocycles. The molecule has 1 aromatic rings. The van der Waals surface area contributed by atoms with Gasteiger partial charge in [-0.2, -0.15) is 0 Å². The minimum atomic E-state index is -1.65. The summed E-state index contributed by atoms with van der Waals surface area (Å²) in [5.74, 6) is -1.91. The van der Waals surface area contributed by atoms with E-state index in [2.05, 4.69) is 0 Å². The fourth-order valence-electron chi connectivity index (χ4n) is 2.63. The second-order valence-corrected chi connectivity index (χ2v) is 4.73. The van der Waals surface area contributed by atoms with Crippen molar-refractivity contribution in [2.24, 2.45) is 5.92 Å². The van der Waals surface area contributed by atoms with E-state index in [-0.39, 0.29) is 6.42 Å². The van der Waals surface area contributed by atoms with Gasteiger partial charge in [-0.3, -0.25) is 4.79 Å². The van der Waals surface area contributed by atoms with Gasteiger partial charge in [0.25, 0.3) is 0 Å². The van der Waals surface area contributed by atoms with Crippen molar-refractivity contribution in [1.82, 2.24) is 0 Å². The predicted molar refractivity (Wildman–Crippen MR) is 59.2 cm³/mol. The van der Waals surface area contributed by atoms with Gasteiger partial charge < -0.3 is 5.11 Å². The molecule has 2 atom stereocenters. The summed E-state index contributed by atoms with van der Waals surface area (Å²) in [5.41, 5.74) is 1.71. The molecular weight excluding hydrogens is 207 g/mol. The average Bonchev–Trinajstić information content (AvgIpc) is 2.76. The van der Waals surface area contributed by atoms with Crippen LogP contribution in [0.1, 0.15) is 28.7 Å². The van der Waals surface area contributed by atoms with E-state index in [1.807, 2.05) is 32.9 Å². The lowest BCUT2D eigenvalue weighted by Gasteiger charge is -2.15. The monoisotopic (exact) mass is 222 g/mol. The zero-order valence-electron chi connectivity index (χ0n) is 9.67. The summed E-state index contributed by atoms with van der Waals surface area (Å²) in [6.45, 7) is 5.64. The van der Waals surface area contributed by atoms with E-state index in [1.165, 1.54) is 0 Å². The molecule has 0 aromatic heterocycles. The smallest absolute Gasteiger partial charge is 0.310 e. The summed E-state index contributed by atoms with van der Waals surface area (Å²) in [6.07, 6.45) is 0.104. The van der Waals surface area contributed by atoms with Crippen LogP contribution in [0.15, 0.2) is 12.1 Å². The Kier molecular flexibility index (Phi) is 2.30. The highest BCUT2D eigenvalue weighted by atomic mass is 19.1. The fraction of sp³-hybridized carbons (Fsp3) is 0.462.